The van der Waals surface area contributed by atoms with Crippen LogP contribution in [-0.4, -0.2) is 26.6 Å². The van der Waals surface area contributed by atoms with Gasteiger partial charge in [0, 0.05) is 5.69 Å². The van der Waals surface area contributed by atoms with Crippen molar-refractivity contribution in [3.63, 3.8) is 0 Å². The van der Waals surface area contributed by atoms with Crippen LogP contribution in [0.2, 0.25) is 0 Å². The van der Waals surface area contributed by atoms with Crippen molar-refractivity contribution in [2.45, 2.75) is 46.1 Å². The lowest BCUT2D eigenvalue weighted by molar-refractivity contribution is 0.0338. The molecule has 154 valence electrons. The van der Waals surface area contributed by atoms with Crippen LogP contribution in [0.15, 0.2) is 48.5 Å². The smallest absolute Gasteiger partial charge is 0.344 e. The van der Waals surface area contributed by atoms with Gasteiger partial charge in [-0.05, 0) is 49.1 Å². The van der Waals surface area contributed by atoms with Crippen LogP contribution in [0.1, 0.15) is 56.0 Å². The molecule has 0 aliphatic heterocycles. The molecule has 4 rings (SSSR count). The third kappa shape index (κ3) is 3.38. The number of fused-ring (bicyclic) bond motifs is 2. The van der Waals surface area contributed by atoms with Crippen molar-refractivity contribution in [3.05, 3.63) is 59.7 Å². The number of rotatable bonds is 5. The van der Waals surface area contributed by atoms with Crippen molar-refractivity contribution in [1.82, 2.24) is 14.5 Å². The molecule has 0 radical (unpaired) electrons. The fraction of sp³-hybridized carbons (Fsp3) is 0.292. The zero-order valence-electron chi connectivity index (χ0n) is 17.7. The maximum Gasteiger partial charge on any atom is 0.344 e. The summed E-state index contributed by atoms with van der Waals surface area (Å²) in [7, 11) is 0. The highest BCUT2D eigenvalue weighted by Crippen LogP contribution is 2.32. The van der Waals surface area contributed by atoms with Crippen LogP contribution in [0.5, 0.6) is 0 Å². The molecule has 0 saturated carbocycles. The molecule has 2 N–H and O–H groups in total. The Morgan fingerprint density at radius 1 is 1.03 bits per heavy atom. The van der Waals surface area contributed by atoms with Crippen molar-refractivity contribution in [3.8, 4) is 5.69 Å². The minimum atomic E-state index is -0.478. The summed E-state index contributed by atoms with van der Waals surface area (Å²) < 4.78 is 7.37. The second kappa shape index (κ2) is 7.78. The van der Waals surface area contributed by atoms with Gasteiger partial charge in [-0.2, -0.15) is 0 Å². The highest BCUT2D eigenvalue weighted by molar-refractivity contribution is 6.09. The van der Waals surface area contributed by atoms with Crippen molar-refractivity contribution in [2.75, 3.05) is 5.73 Å². The highest BCUT2D eigenvalue weighted by atomic mass is 16.5. The fourth-order valence-electron chi connectivity index (χ4n) is 3.46. The highest BCUT2D eigenvalue weighted by Gasteiger charge is 2.26. The Balaban J connectivity index is 1.98. The molecule has 6 heteroatoms. The standard InChI is InChI=1S/C24H26N4O2/c1-5-15(4)30-24(29)20-21-23(27-19-9-7-6-8-18(19)26-21)28(22(20)25)17-12-10-16(11-13-17)14(2)3/h6-15H,5,25H2,1-4H3/t15-/m1/s1. The molecule has 0 bridgehead atoms. The van der Waals surface area contributed by atoms with Crippen LogP contribution in [-0.2, 0) is 4.74 Å². The Morgan fingerprint density at radius 3 is 2.27 bits per heavy atom. The summed E-state index contributed by atoms with van der Waals surface area (Å²) in [6.07, 6.45) is 0.504. The van der Waals surface area contributed by atoms with Gasteiger partial charge in [-0.1, -0.05) is 45.0 Å². The van der Waals surface area contributed by atoms with Crippen molar-refractivity contribution < 1.29 is 9.53 Å². The van der Waals surface area contributed by atoms with Gasteiger partial charge in [0.15, 0.2) is 5.65 Å². The first-order valence-corrected chi connectivity index (χ1v) is 10.3. The minimum absolute atomic E-state index is 0.214. The maximum absolute atomic E-state index is 13.0. The Hall–Kier alpha value is -3.41. The number of para-hydroxylation sites is 2. The number of nitrogens with two attached hydrogens (primary N) is 1. The molecule has 6 nitrogen and oxygen atoms in total. The zero-order valence-corrected chi connectivity index (χ0v) is 17.7. The molecule has 1 atom stereocenters. The van der Waals surface area contributed by atoms with Gasteiger partial charge >= 0.3 is 5.97 Å². The summed E-state index contributed by atoms with van der Waals surface area (Å²) in [5.41, 5.74) is 11.3. The number of aromatic nitrogens is 3. The van der Waals surface area contributed by atoms with Crippen LogP contribution in [0.4, 0.5) is 5.82 Å². The van der Waals surface area contributed by atoms with Gasteiger partial charge in [-0.25, -0.2) is 14.8 Å². The number of hydrogen-bond donors (Lipinski definition) is 1. The topological polar surface area (TPSA) is 83.0 Å². The molecule has 4 aromatic rings. The molecule has 0 aliphatic rings. The van der Waals surface area contributed by atoms with E-state index >= 15 is 0 Å². The molecular weight excluding hydrogens is 376 g/mol. The molecule has 2 aromatic carbocycles. The minimum Gasteiger partial charge on any atom is -0.459 e. The number of carbonyl (C=O) groups is 1. The fourth-order valence-corrected chi connectivity index (χ4v) is 3.46. The number of nitrogens with zero attached hydrogens (tertiary/aromatic N) is 3. The van der Waals surface area contributed by atoms with Crippen molar-refractivity contribution in [1.29, 1.82) is 0 Å². The quantitative estimate of drug-likeness (QED) is 0.462. The molecule has 2 heterocycles. The predicted octanol–water partition coefficient (Wildman–Crippen LogP) is 5.23. The molecule has 0 unspecified atom stereocenters. The summed E-state index contributed by atoms with van der Waals surface area (Å²) in [5, 5.41) is 0. The SMILES string of the molecule is CC[C@@H](C)OC(=O)c1c(N)n(-c2ccc(C(C)C)cc2)c2nc3ccccc3nc12. The molecule has 0 amide bonds. The summed E-state index contributed by atoms with van der Waals surface area (Å²) in [6, 6.07) is 15.7. The predicted molar refractivity (Wildman–Crippen MR) is 120 cm³/mol. The van der Waals surface area contributed by atoms with Crippen LogP contribution in [0.3, 0.4) is 0 Å². The summed E-state index contributed by atoms with van der Waals surface area (Å²) in [5.74, 6) is 0.225. The van der Waals surface area contributed by atoms with E-state index in [9.17, 15) is 4.79 Å². The average Bonchev–Trinajstić information content (AvgIpc) is 3.02. The second-order valence-electron chi connectivity index (χ2n) is 7.85. The van der Waals surface area contributed by atoms with E-state index in [-0.39, 0.29) is 17.5 Å². The van der Waals surface area contributed by atoms with E-state index in [2.05, 4.69) is 26.0 Å². The number of hydrogen-bond acceptors (Lipinski definition) is 5. The first-order chi connectivity index (χ1) is 14.4. The monoisotopic (exact) mass is 402 g/mol. The molecule has 2 aromatic heterocycles. The van der Waals surface area contributed by atoms with Crippen molar-refractivity contribution in [2.24, 2.45) is 0 Å². The number of benzene rings is 2. The van der Waals surface area contributed by atoms with Gasteiger partial charge in [-0.3, -0.25) is 4.57 Å². The van der Waals surface area contributed by atoms with E-state index < -0.39 is 5.97 Å². The third-order valence-electron chi connectivity index (χ3n) is 5.40. The van der Waals surface area contributed by atoms with E-state index in [1.54, 1.807) is 4.57 Å². The number of ether oxygens (including phenoxy) is 1. The Morgan fingerprint density at radius 2 is 1.67 bits per heavy atom. The van der Waals surface area contributed by atoms with E-state index in [1.807, 2.05) is 50.2 Å². The summed E-state index contributed by atoms with van der Waals surface area (Å²) in [6.45, 7) is 8.12. The molecule has 0 spiro atoms. The van der Waals surface area contributed by atoms with Gasteiger partial charge in [0.2, 0.25) is 0 Å². The van der Waals surface area contributed by atoms with Crippen LogP contribution in [0.25, 0.3) is 27.9 Å². The third-order valence-corrected chi connectivity index (χ3v) is 5.40. The van der Waals surface area contributed by atoms with E-state index in [0.717, 1.165) is 17.6 Å². The van der Waals surface area contributed by atoms with Crippen molar-refractivity contribution >= 4 is 34.0 Å². The lowest BCUT2D eigenvalue weighted by Crippen LogP contribution is -2.15. The second-order valence-corrected chi connectivity index (χ2v) is 7.85. The van der Waals surface area contributed by atoms with Crippen LogP contribution in [0, 0.1) is 0 Å². The van der Waals surface area contributed by atoms with Gasteiger partial charge < -0.3 is 10.5 Å². The van der Waals surface area contributed by atoms with E-state index in [0.29, 0.717) is 22.6 Å². The largest absolute Gasteiger partial charge is 0.459 e. The normalized spacial score (nSPS) is 12.6. The summed E-state index contributed by atoms with van der Waals surface area (Å²) >= 11 is 0. The molecule has 0 saturated heterocycles. The van der Waals surface area contributed by atoms with Gasteiger partial charge in [-0.15, -0.1) is 0 Å². The Bertz CT molecular complexity index is 1230. The first kappa shape index (κ1) is 19.9. The van der Waals surface area contributed by atoms with Gasteiger partial charge in [0.25, 0.3) is 0 Å². The molecule has 0 fully saturated rings. The lowest BCUT2D eigenvalue weighted by Gasteiger charge is -2.12. The zero-order chi connectivity index (χ0) is 21.4. The van der Waals surface area contributed by atoms with Gasteiger partial charge in [0.1, 0.15) is 16.9 Å². The Labute approximate surface area is 175 Å². The van der Waals surface area contributed by atoms with Gasteiger partial charge in [0.05, 0.1) is 17.1 Å². The molecular formula is C24H26N4O2. The number of carbonyl (C=O) groups excluding carboxylic acids is 1. The number of nitrogen functional groups attached to an aromatic ring is 1. The van der Waals surface area contributed by atoms with Crippen LogP contribution < -0.4 is 5.73 Å². The summed E-state index contributed by atoms with van der Waals surface area (Å²) in [4.78, 5) is 22.5. The molecule has 30 heavy (non-hydrogen) atoms. The van der Waals surface area contributed by atoms with E-state index in [4.69, 9.17) is 20.4 Å². The van der Waals surface area contributed by atoms with E-state index in [1.165, 1.54) is 5.56 Å². The number of anilines is 1. The molecule has 0 aliphatic carbocycles. The number of esters is 1. The Kier molecular flexibility index (Phi) is 5.16. The first-order valence-electron chi connectivity index (χ1n) is 10.3. The maximum atomic E-state index is 13.0. The van der Waals surface area contributed by atoms with Crippen LogP contribution >= 0.6 is 0 Å². The lowest BCUT2D eigenvalue weighted by atomic mass is 10.0. The average molecular weight is 402 g/mol.